The Bertz CT molecular complexity index is 722. The van der Waals surface area contributed by atoms with Gasteiger partial charge in [0.2, 0.25) is 5.91 Å². The van der Waals surface area contributed by atoms with Crippen LogP contribution in [0.1, 0.15) is 29.8 Å². The number of ether oxygens (including phenoxy) is 1. The van der Waals surface area contributed by atoms with Gasteiger partial charge in [0.05, 0.1) is 16.7 Å². The van der Waals surface area contributed by atoms with Crippen LogP contribution in [0.5, 0.6) is 0 Å². The summed E-state index contributed by atoms with van der Waals surface area (Å²) >= 11 is 0. The van der Waals surface area contributed by atoms with Gasteiger partial charge in [0.25, 0.3) is 0 Å². The van der Waals surface area contributed by atoms with E-state index < -0.39 is 11.4 Å². The third-order valence-electron chi connectivity index (χ3n) is 3.98. The van der Waals surface area contributed by atoms with Crippen LogP contribution in [0, 0.1) is 0 Å². The zero-order valence-corrected chi connectivity index (χ0v) is 12.6. The second-order valence-corrected chi connectivity index (χ2v) is 5.80. The second kappa shape index (κ2) is 5.30. The Balaban J connectivity index is 1.79. The lowest BCUT2D eigenvalue weighted by molar-refractivity contribution is -0.122. The van der Waals surface area contributed by atoms with Crippen molar-refractivity contribution in [3.05, 3.63) is 65.7 Å². The van der Waals surface area contributed by atoms with E-state index in [9.17, 15) is 9.59 Å². The van der Waals surface area contributed by atoms with Crippen molar-refractivity contribution in [2.24, 2.45) is 0 Å². The van der Waals surface area contributed by atoms with Crippen LogP contribution in [0.2, 0.25) is 0 Å². The van der Waals surface area contributed by atoms with E-state index in [-0.39, 0.29) is 12.6 Å². The number of carbonyl (C=O) groups is 2. The molecule has 1 aliphatic rings. The van der Waals surface area contributed by atoms with Crippen LogP contribution < -0.4 is 4.90 Å². The maximum Gasteiger partial charge on any atom is 0.339 e. The molecular weight excluding hydrogens is 278 g/mol. The molecule has 0 atom stereocenters. The molecule has 3 rings (SSSR count). The normalized spacial score (nSPS) is 15.5. The first-order valence-electron chi connectivity index (χ1n) is 7.15. The average Bonchev–Trinajstić information content (AvgIpc) is 2.74. The molecule has 2 aromatic rings. The lowest BCUT2D eigenvalue weighted by Crippen LogP contribution is -2.38. The third kappa shape index (κ3) is 2.26. The van der Waals surface area contributed by atoms with Crippen molar-refractivity contribution in [1.82, 2.24) is 0 Å². The van der Waals surface area contributed by atoms with E-state index in [2.05, 4.69) is 0 Å². The highest BCUT2D eigenvalue weighted by molar-refractivity contribution is 6.07. The molecule has 0 bridgehead atoms. The van der Waals surface area contributed by atoms with Crippen molar-refractivity contribution in [2.45, 2.75) is 19.3 Å². The number of esters is 1. The molecule has 0 N–H and O–H groups in total. The van der Waals surface area contributed by atoms with Gasteiger partial charge in [-0.25, -0.2) is 4.79 Å². The third-order valence-corrected chi connectivity index (χ3v) is 3.98. The second-order valence-electron chi connectivity index (χ2n) is 5.80. The molecule has 0 saturated heterocycles. The zero-order valence-electron chi connectivity index (χ0n) is 12.6. The molecule has 0 radical (unpaired) electrons. The Labute approximate surface area is 129 Å². The lowest BCUT2D eigenvalue weighted by atomic mass is 9.86. The summed E-state index contributed by atoms with van der Waals surface area (Å²) in [6.45, 7) is 3.69. The van der Waals surface area contributed by atoms with Crippen LogP contribution in [0.15, 0.2) is 54.6 Å². The minimum absolute atomic E-state index is 0.0606. The fourth-order valence-corrected chi connectivity index (χ4v) is 2.71. The summed E-state index contributed by atoms with van der Waals surface area (Å²) in [7, 11) is 0. The summed E-state index contributed by atoms with van der Waals surface area (Å²) in [6, 6.07) is 16.3. The number of para-hydroxylation sites is 1. The van der Waals surface area contributed by atoms with Crippen LogP contribution in [-0.4, -0.2) is 18.6 Å². The summed E-state index contributed by atoms with van der Waals surface area (Å²) in [5, 5.41) is 0. The van der Waals surface area contributed by atoms with Gasteiger partial charge in [0, 0.05) is 0 Å². The predicted molar refractivity (Wildman–Crippen MR) is 83.7 cm³/mol. The Kier molecular flexibility index (Phi) is 3.45. The first-order valence-corrected chi connectivity index (χ1v) is 7.15. The van der Waals surface area contributed by atoms with Crippen molar-refractivity contribution in [3.63, 3.8) is 0 Å². The number of anilines is 1. The van der Waals surface area contributed by atoms with E-state index in [1.54, 1.807) is 24.3 Å². The molecule has 22 heavy (non-hydrogen) atoms. The first kappa shape index (κ1) is 14.3. The number of nitrogens with zero attached hydrogens (tertiary/aromatic N) is 1. The van der Waals surface area contributed by atoms with Crippen LogP contribution in [0.3, 0.4) is 0 Å². The van der Waals surface area contributed by atoms with E-state index in [0.29, 0.717) is 5.56 Å². The molecule has 2 aromatic carbocycles. The molecule has 0 aromatic heterocycles. The van der Waals surface area contributed by atoms with E-state index in [1.807, 2.05) is 44.2 Å². The van der Waals surface area contributed by atoms with Gasteiger partial charge < -0.3 is 4.74 Å². The highest BCUT2D eigenvalue weighted by Gasteiger charge is 2.43. The fraction of sp³-hybridized carbons (Fsp3) is 0.222. The van der Waals surface area contributed by atoms with Gasteiger partial charge >= 0.3 is 5.97 Å². The standard InChI is InChI=1S/C18H17NO3/c1-18(2)14-10-6-7-11-15(14)19(17(18)21)12-22-16(20)13-8-4-3-5-9-13/h3-11H,12H2,1-2H3. The fourth-order valence-electron chi connectivity index (χ4n) is 2.71. The molecule has 0 fully saturated rings. The number of benzene rings is 2. The molecule has 0 aliphatic carbocycles. The molecule has 4 heteroatoms. The quantitative estimate of drug-likeness (QED) is 0.817. The van der Waals surface area contributed by atoms with Crippen LogP contribution >= 0.6 is 0 Å². The molecule has 4 nitrogen and oxygen atoms in total. The van der Waals surface area contributed by atoms with Gasteiger partial charge in [-0.3, -0.25) is 9.69 Å². The number of rotatable bonds is 3. The number of hydrogen-bond donors (Lipinski definition) is 0. The average molecular weight is 295 g/mol. The topological polar surface area (TPSA) is 46.6 Å². The van der Waals surface area contributed by atoms with E-state index >= 15 is 0 Å². The SMILES string of the molecule is CC1(C)C(=O)N(COC(=O)c2ccccc2)c2ccccc21. The van der Waals surface area contributed by atoms with Crippen molar-refractivity contribution < 1.29 is 14.3 Å². The Morgan fingerprint density at radius 2 is 1.68 bits per heavy atom. The summed E-state index contributed by atoms with van der Waals surface area (Å²) in [4.78, 5) is 26.1. The molecule has 0 unspecified atom stereocenters. The van der Waals surface area contributed by atoms with Crippen molar-refractivity contribution in [2.75, 3.05) is 11.6 Å². The number of amides is 1. The van der Waals surface area contributed by atoms with Crippen LogP contribution in [-0.2, 0) is 14.9 Å². The smallest absolute Gasteiger partial charge is 0.339 e. The molecule has 1 aliphatic heterocycles. The largest absolute Gasteiger partial charge is 0.440 e. The molecule has 1 heterocycles. The van der Waals surface area contributed by atoms with Crippen molar-refractivity contribution in [3.8, 4) is 0 Å². The van der Waals surface area contributed by atoms with Crippen molar-refractivity contribution in [1.29, 1.82) is 0 Å². The monoisotopic (exact) mass is 295 g/mol. The minimum Gasteiger partial charge on any atom is -0.440 e. The molecule has 0 spiro atoms. The predicted octanol–water partition coefficient (Wildman–Crippen LogP) is 3.13. The van der Waals surface area contributed by atoms with E-state index in [1.165, 1.54) is 4.90 Å². The van der Waals surface area contributed by atoms with Gasteiger partial charge in [0.15, 0.2) is 6.73 Å². The van der Waals surface area contributed by atoms with Gasteiger partial charge in [-0.15, -0.1) is 0 Å². The number of carbonyl (C=O) groups excluding carboxylic acids is 2. The van der Waals surface area contributed by atoms with Gasteiger partial charge in [-0.2, -0.15) is 0 Å². The van der Waals surface area contributed by atoms with E-state index in [4.69, 9.17) is 4.74 Å². The molecule has 1 amide bonds. The van der Waals surface area contributed by atoms with Gasteiger partial charge in [-0.05, 0) is 37.6 Å². The van der Waals surface area contributed by atoms with Gasteiger partial charge in [-0.1, -0.05) is 36.4 Å². The lowest BCUT2D eigenvalue weighted by Gasteiger charge is -2.20. The summed E-state index contributed by atoms with van der Waals surface area (Å²) in [5.74, 6) is -0.495. The summed E-state index contributed by atoms with van der Waals surface area (Å²) in [5.41, 5.74) is 1.63. The van der Waals surface area contributed by atoms with Gasteiger partial charge in [0.1, 0.15) is 0 Å². The van der Waals surface area contributed by atoms with Crippen LogP contribution in [0.4, 0.5) is 5.69 Å². The highest BCUT2D eigenvalue weighted by Crippen LogP contribution is 2.41. The first-order chi connectivity index (χ1) is 10.5. The summed E-state index contributed by atoms with van der Waals surface area (Å²) < 4.78 is 5.30. The maximum absolute atomic E-state index is 12.6. The van der Waals surface area contributed by atoms with E-state index in [0.717, 1.165) is 11.3 Å². The maximum atomic E-state index is 12.6. The molecule has 112 valence electrons. The summed E-state index contributed by atoms with van der Waals surface area (Å²) in [6.07, 6.45) is 0. The molecular formula is C18H17NO3. The zero-order chi connectivity index (χ0) is 15.7. The van der Waals surface area contributed by atoms with Crippen LogP contribution in [0.25, 0.3) is 0 Å². The van der Waals surface area contributed by atoms with Crippen molar-refractivity contribution >= 4 is 17.6 Å². The number of fused-ring (bicyclic) bond motifs is 1. The minimum atomic E-state index is -0.601. The Hall–Kier alpha value is -2.62. The Morgan fingerprint density at radius 1 is 1.05 bits per heavy atom. The number of hydrogen-bond acceptors (Lipinski definition) is 3. The highest BCUT2D eigenvalue weighted by atomic mass is 16.5. The molecule has 0 saturated carbocycles. The Morgan fingerprint density at radius 3 is 2.41 bits per heavy atom.